The van der Waals surface area contributed by atoms with Crippen LogP contribution in [0.4, 0.5) is 10.1 Å². The van der Waals surface area contributed by atoms with Gasteiger partial charge in [-0.15, -0.1) is 0 Å². The fourth-order valence-corrected chi connectivity index (χ4v) is 5.78. The number of amides is 1. The number of hydrogen-bond acceptors (Lipinski definition) is 5. The average Bonchev–Trinajstić information content (AvgIpc) is 2.75. The van der Waals surface area contributed by atoms with Gasteiger partial charge in [0.05, 0.1) is 9.79 Å². The maximum absolute atomic E-state index is 12.9. The third-order valence-corrected chi connectivity index (χ3v) is 8.16. The van der Waals surface area contributed by atoms with Gasteiger partial charge in [0.2, 0.25) is 26.0 Å². The van der Waals surface area contributed by atoms with Crippen molar-refractivity contribution in [3.05, 3.63) is 54.3 Å². The molecule has 2 aromatic rings. The molecule has 0 atom stereocenters. The molecule has 11 heteroatoms. The van der Waals surface area contributed by atoms with Crippen LogP contribution in [0.2, 0.25) is 0 Å². The first-order valence-corrected chi connectivity index (χ1v) is 13.3. The second kappa shape index (κ2) is 10.5. The molecule has 1 aliphatic carbocycles. The molecule has 0 saturated heterocycles. The summed E-state index contributed by atoms with van der Waals surface area (Å²) in [6.07, 6.45) is 4.68. The summed E-state index contributed by atoms with van der Waals surface area (Å²) in [7, 11) is -7.48. The van der Waals surface area contributed by atoms with Crippen molar-refractivity contribution in [2.24, 2.45) is 0 Å². The molecule has 2 aromatic carbocycles. The number of rotatable bonds is 9. The first-order valence-electron chi connectivity index (χ1n) is 10.3. The van der Waals surface area contributed by atoms with Crippen LogP contribution in [0.15, 0.2) is 58.3 Å². The highest BCUT2D eigenvalue weighted by molar-refractivity contribution is 7.89. The zero-order valence-corrected chi connectivity index (χ0v) is 19.0. The zero-order chi connectivity index (χ0) is 23.2. The van der Waals surface area contributed by atoms with E-state index < -0.39 is 31.8 Å². The molecule has 0 radical (unpaired) electrons. The quantitative estimate of drug-likeness (QED) is 0.506. The Morgan fingerprint density at radius 2 is 1.41 bits per heavy atom. The Morgan fingerprint density at radius 1 is 0.844 bits per heavy atom. The molecular weight excluding hydrogens is 457 g/mol. The van der Waals surface area contributed by atoms with Gasteiger partial charge in [-0.3, -0.25) is 4.79 Å². The van der Waals surface area contributed by atoms with Crippen molar-refractivity contribution in [1.29, 1.82) is 0 Å². The molecule has 0 bridgehead atoms. The standard InChI is InChI=1S/C21H26FN3O5S2/c22-16-6-10-19(11-7-16)31(27,28)23-15-14-21(26)24-17-8-12-20(13-9-17)32(29,30)25-18-4-2-1-3-5-18/h6-13,18,23,25H,1-5,14-15H2,(H,24,26). The third-order valence-electron chi connectivity index (χ3n) is 5.14. The predicted octanol–water partition coefficient (Wildman–Crippen LogP) is 2.74. The highest BCUT2D eigenvalue weighted by Gasteiger charge is 2.22. The van der Waals surface area contributed by atoms with E-state index in [0.29, 0.717) is 5.69 Å². The summed E-state index contributed by atoms with van der Waals surface area (Å²) in [6, 6.07) is 10.1. The van der Waals surface area contributed by atoms with E-state index in [-0.39, 0.29) is 28.8 Å². The fraction of sp³-hybridized carbons (Fsp3) is 0.381. The molecule has 174 valence electrons. The number of halogens is 1. The number of sulfonamides is 2. The van der Waals surface area contributed by atoms with Gasteiger partial charge in [-0.1, -0.05) is 19.3 Å². The summed E-state index contributed by atoms with van der Waals surface area (Å²) in [5, 5.41) is 2.60. The number of carbonyl (C=O) groups excluding carboxylic acids is 1. The van der Waals surface area contributed by atoms with E-state index >= 15 is 0 Å². The van der Waals surface area contributed by atoms with Crippen molar-refractivity contribution >= 4 is 31.6 Å². The molecule has 3 N–H and O–H groups in total. The zero-order valence-electron chi connectivity index (χ0n) is 17.4. The van der Waals surface area contributed by atoms with Crippen LogP contribution < -0.4 is 14.8 Å². The van der Waals surface area contributed by atoms with Gasteiger partial charge in [0.1, 0.15) is 5.82 Å². The lowest BCUT2D eigenvalue weighted by Gasteiger charge is -2.22. The van der Waals surface area contributed by atoms with Crippen molar-refractivity contribution in [2.75, 3.05) is 11.9 Å². The van der Waals surface area contributed by atoms with Crippen molar-refractivity contribution < 1.29 is 26.0 Å². The second-order valence-corrected chi connectivity index (χ2v) is 11.1. The SMILES string of the molecule is O=C(CCNS(=O)(=O)c1ccc(F)cc1)Nc1ccc(S(=O)(=O)NC2CCCCC2)cc1. The molecule has 0 heterocycles. The molecule has 1 saturated carbocycles. The summed E-state index contributed by atoms with van der Waals surface area (Å²) >= 11 is 0. The Hall–Kier alpha value is -2.34. The molecule has 1 amide bonds. The van der Waals surface area contributed by atoms with Crippen LogP contribution in [0.3, 0.4) is 0 Å². The molecule has 8 nitrogen and oxygen atoms in total. The van der Waals surface area contributed by atoms with Gasteiger partial charge in [0.25, 0.3) is 0 Å². The molecule has 0 aromatic heterocycles. The lowest BCUT2D eigenvalue weighted by Crippen LogP contribution is -2.36. The molecule has 0 unspecified atom stereocenters. The van der Waals surface area contributed by atoms with Crippen LogP contribution in [0.25, 0.3) is 0 Å². The van der Waals surface area contributed by atoms with Gasteiger partial charge in [-0.2, -0.15) is 0 Å². The minimum atomic E-state index is -3.85. The average molecular weight is 484 g/mol. The predicted molar refractivity (Wildman–Crippen MR) is 118 cm³/mol. The monoisotopic (exact) mass is 483 g/mol. The lowest BCUT2D eigenvalue weighted by atomic mass is 9.96. The van der Waals surface area contributed by atoms with Crippen molar-refractivity contribution in [3.63, 3.8) is 0 Å². The van der Waals surface area contributed by atoms with E-state index in [1.165, 1.54) is 24.3 Å². The van der Waals surface area contributed by atoms with Gasteiger partial charge >= 0.3 is 0 Å². The Kier molecular flexibility index (Phi) is 7.99. The van der Waals surface area contributed by atoms with Crippen molar-refractivity contribution in [3.8, 4) is 0 Å². The smallest absolute Gasteiger partial charge is 0.240 e. The van der Waals surface area contributed by atoms with E-state index in [2.05, 4.69) is 14.8 Å². The third kappa shape index (κ3) is 6.83. The molecule has 32 heavy (non-hydrogen) atoms. The molecular formula is C21H26FN3O5S2. The summed E-state index contributed by atoms with van der Waals surface area (Å²) in [6.45, 7) is -0.149. The van der Waals surface area contributed by atoms with E-state index in [9.17, 15) is 26.0 Å². The van der Waals surface area contributed by atoms with Crippen LogP contribution in [0.1, 0.15) is 38.5 Å². The molecule has 1 fully saturated rings. The van der Waals surface area contributed by atoms with E-state index in [1.54, 1.807) is 0 Å². The van der Waals surface area contributed by atoms with Crippen molar-refractivity contribution in [2.45, 2.75) is 54.4 Å². The first-order chi connectivity index (χ1) is 15.2. The van der Waals surface area contributed by atoms with E-state index in [0.717, 1.165) is 56.4 Å². The number of hydrogen-bond donors (Lipinski definition) is 3. The summed E-state index contributed by atoms with van der Waals surface area (Å²) < 4.78 is 67.2. The number of carbonyl (C=O) groups is 1. The minimum Gasteiger partial charge on any atom is -0.326 e. The minimum absolute atomic E-state index is 0.0492. The molecule has 3 rings (SSSR count). The van der Waals surface area contributed by atoms with E-state index in [1.807, 2.05) is 0 Å². The summed E-state index contributed by atoms with van der Waals surface area (Å²) in [5.41, 5.74) is 0.396. The van der Waals surface area contributed by atoms with Gasteiger partial charge in [-0.05, 0) is 61.4 Å². The lowest BCUT2D eigenvalue weighted by molar-refractivity contribution is -0.116. The highest BCUT2D eigenvalue weighted by Crippen LogP contribution is 2.21. The van der Waals surface area contributed by atoms with Crippen LogP contribution in [-0.4, -0.2) is 35.3 Å². The van der Waals surface area contributed by atoms with Crippen LogP contribution in [-0.2, 0) is 24.8 Å². The van der Waals surface area contributed by atoms with Gasteiger partial charge < -0.3 is 5.32 Å². The summed E-state index contributed by atoms with van der Waals surface area (Å²) in [4.78, 5) is 12.1. The summed E-state index contributed by atoms with van der Waals surface area (Å²) in [5.74, 6) is -0.991. The van der Waals surface area contributed by atoms with Crippen molar-refractivity contribution in [1.82, 2.24) is 9.44 Å². The van der Waals surface area contributed by atoms with E-state index in [4.69, 9.17) is 0 Å². The molecule has 0 spiro atoms. The number of anilines is 1. The maximum Gasteiger partial charge on any atom is 0.240 e. The normalized spacial score (nSPS) is 15.4. The number of nitrogens with one attached hydrogen (secondary N) is 3. The molecule has 0 aliphatic heterocycles. The fourth-order valence-electron chi connectivity index (χ4n) is 3.44. The Morgan fingerprint density at radius 3 is 2.03 bits per heavy atom. The van der Waals surface area contributed by atoms with Gasteiger partial charge in [0, 0.05) is 24.7 Å². The topological polar surface area (TPSA) is 121 Å². The maximum atomic E-state index is 12.9. The largest absolute Gasteiger partial charge is 0.326 e. The number of benzene rings is 2. The Labute approximate surface area is 187 Å². The Balaban J connectivity index is 1.49. The molecule has 1 aliphatic rings. The first kappa shape index (κ1) is 24.3. The van der Waals surface area contributed by atoms with Crippen LogP contribution in [0.5, 0.6) is 0 Å². The van der Waals surface area contributed by atoms with Crippen LogP contribution >= 0.6 is 0 Å². The van der Waals surface area contributed by atoms with Crippen LogP contribution in [0, 0.1) is 5.82 Å². The highest BCUT2D eigenvalue weighted by atomic mass is 32.2. The van der Waals surface area contributed by atoms with Gasteiger partial charge in [0.15, 0.2) is 0 Å². The Bertz CT molecular complexity index is 1130. The van der Waals surface area contributed by atoms with Gasteiger partial charge in [-0.25, -0.2) is 30.7 Å². The second-order valence-electron chi connectivity index (χ2n) is 7.63.